The van der Waals surface area contributed by atoms with Crippen LogP contribution in [0.25, 0.3) is 0 Å². The Balaban J connectivity index is 2.84. The molecule has 0 aromatic rings. The number of hydrogen-bond acceptors (Lipinski definition) is 1. The summed E-state index contributed by atoms with van der Waals surface area (Å²) in [6.07, 6.45) is 3.62. The van der Waals surface area contributed by atoms with E-state index in [2.05, 4.69) is 34.5 Å². The van der Waals surface area contributed by atoms with Crippen molar-refractivity contribution in [3.05, 3.63) is 23.9 Å². The van der Waals surface area contributed by atoms with Crippen LogP contribution >= 0.6 is 22.6 Å². The molecule has 0 aromatic carbocycles. The smallest absolute Gasteiger partial charge is 0.237 e. The van der Waals surface area contributed by atoms with Gasteiger partial charge in [-0.1, -0.05) is 29.2 Å². The number of nitrogens with one attached hydrogen (secondary N) is 1. The molecular weight excluding hydrogens is 265 g/mol. The molecule has 0 saturated heterocycles. The molecule has 0 fully saturated rings. The maximum Gasteiger partial charge on any atom is 0.237 e. The molecule has 1 heterocycles. The second kappa shape index (κ2) is 4.07. The number of alkyl halides is 1. The molecule has 66 valence electrons. The van der Waals surface area contributed by atoms with Crippen molar-refractivity contribution < 1.29 is 4.79 Å². The first kappa shape index (κ1) is 9.77. The summed E-state index contributed by atoms with van der Waals surface area (Å²) in [5.74, 6) is 0.0994. The van der Waals surface area contributed by atoms with Crippen LogP contribution in [0.15, 0.2) is 23.9 Å². The van der Waals surface area contributed by atoms with Crippen LogP contribution in [0.4, 0.5) is 0 Å². The van der Waals surface area contributed by atoms with Crippen molar-refractivity contribution in [3.63, 3.8) is 0 Å². The first-order chi connectivity index (χ1) is 5.65. The lowest BCUT2D eigenvalue weighted by atomic mass is 10.1. The molecule has 1 rings (SSSR count). The average Bonchev–Trinajstić information content (AvgIpc) is 2.18. The number of allylic oxidation sites excluding steroid dienone is 2. The van der Waals surface area contributed by atoms with E-state index in [1.165, 1.54) is 5.57 Å². The van der Waals surface area contributed by atoms with Crippen LogP contribution < -0.4 is 5.32 Å². The first-order valence-corrected chi connectivity index (χ1v) is 5.17. The van der Waals surface area contributed by atoms with E-state index in [1.54, 1.807) is 6.08 Å². The second-order valence-electron chi connectivity index (χ2n) is 2.89. The molecule has 0 radical (unpaired) electrons. The second-order valence-corrected chi connectivity index (χ2v) is 4.40. The molecule has 1 unspecified atom stereocenters. The Labute approximate surface area is 86.2 Å². The lowest BCUT2D eigenvalue weighted by Gasteiger charge is -2.05. The fourth-order valence-electron chi connectivity index (χ4n) is 1.15. The van der Waals surface area contributed by atoms with Gasteiger partial charge in [-0.15, -0.1) is 0 Å². The Morgan fingerprint density at radius 2 is 2.42 bits per heavy atom. The fourth-order valence-corrected chi connectivity index (χ4v) is 1.62. The summed E-state index contributed by atoms with van der Waals surface area (Å²) in [5, 5.41) is 2.84. The van der Waals surface area contributed by atoms with Crippen LogP contribution in [0.1, 0.15) is 19.8 Å². The number of carbonyl (C=O) groups is 1. The molecule has 0 aromatic heterocycles. The normalized spacial score (nSPS) is 24.8. The molecule has 1 amide bonds. The first-order valence-electron chi connectivity index (χ1n) is 3.92. The average molecular weight is 277 g/mol. The number of rotatable bonds is 1. The van der Waals surface area contributed by atoms with Gasteiger partial charge >= 0.3 is 0 Å². The highest BCUT2D eigenvalue weighted by molar-refractivity contribution is 14.1. The van der Waals surface area contributed by atoms with Gasteiger partial charge in [0.05, 0.1) is 3.92 Å². The Hall–Kier alpha value is -0.320. The van der Waals surface area contributed by atoms with E-state index < -0.39 is 0 Å². The summed E-state index contributed by atoms with van der Waals surface area (Å²) in [4.78, 5) is 11.3. The standard InChI is InChI=1S/C9H12INO/c1-3-8-6(2)4-5-7(10)9(12)11-8/h3,7H,1,4-5H2,2H3,(H,11,12). The van der Waals surface area contributed by atoms with E-state index in [0.29, 0.717) is 0 Å². The quantitative estimate of drug-likeness (QED) is 0.577. The predicted octanol–water partition coefficient (Wildman–Crippen LogP) is 2.16. The highest BCUT2D eigenvalue weighted by Gasteiger charge is 2.19. The van der Waals surface area contributed by atoms with E-state index in [0.717, 1.165) is 18.5 Å². The summed E-state index contributed by atoms with van der Waals surface area (Å²) in [5.41, 5.74) is 2.11. The number of carbonyl (C=O) groups excluding carboxylic acids is 1. The van der Waals surface area contributed by atoms with Crippen LogP contribution in [0.2, 0.25) is 0 Å². The molecule has 1 aliphatic heterocycles. The Kier molecular flexibility index (Phi) is 3.31. The number of halogens is 1. The predicted molar refractivity (Wildman–Crippen MR) is 58.1 cm³/mol. The molecule has 1 atom stereocenters. The van der Waals surface area contributed by atoms with Crippen LogP contribution in [-0.2, 0) is 4.79 Å². The van der Waals surface area contributed by atoms with Crippen LogP contribution in [0.3, 0.4) is 0 Å². The van der Waals surface area contributed by atoms with Crippen molar-refractivity contribution in [1.29, 1.82) is 0 Å². The lowest BCUT2D eigenvalue weighted by molar-refractivity contribution is -0.119. The molecule has 0 saturated carbocycles. The molecule has 2 nitrogen and oxygen atoms in total. The monoisotopic (exact) mass is 277 g/mol. The summed E-state index contributed by atoms with van der Waals surface area (Å²) < 4.78 is 0.0926. The van der Waals surface area contributed by atoms with E-state index in [-0.39, 0.29) is 9.83 Å². The fraction of sp³-hybridized carbons (Fsp3) is 0.444. The van der Waals surface area contributed by atoms with Gasteiger partial charge < -0.3 is 5.32 Å². The molecule has 3 heteroatoms. The van der Waals surface area contributed by atoms with Gasteiger partial charge in [-0.3, -0.25) is 4.79 Å². The zero-order valence-electron chi connectivity index (χ0n) is 7.06. The van der Waals surface area contributed by atoms with E-state index in [1.807, 2.05) is 6.92 Å². The van der Waals surface area contributed by atoms with Gasteiger partial charge in [-0.05, 0) is 31.4 Å². The van der Waals surface area contributed by atoms with Crippen LogP contribution in [0.5, 0.6) is 0 Å². The summed E-state index contributed by atoms with van der Waals surface area (Å²) >= 11 is 2.17. The zero-order valence-corrected chi connectivity index (χ0v) is 9.22. The molecule has 0 spiro atoms. The third-order valence-corrected chi connectivity index (χ3v) is 3.17. The minimum Gasteiger partial charge on any atom is -0.325 e. The molecule has 0 bridgehead atoms. The third-order valence-electron chi connectivity index (χ3n) is 1.98. The number of amides is 1. The lowest BCUT2D eigenvalue weighted by Crippen LogP contribution is -2.28. The van der Waals surface area contributed by atoms with Gasteiger partial charge in [-0.25, -0.2) is 0 Å². The van der Waals surface area contributed by atoms with Gasteiger partial charge in [0.15, 0.2) is 0 Å². The van der Waals surface area contributed by atoms with Crippen LogP contribution in [0, 0.1) is 0 Å². The summed E-state index contributed by atoms with van der Waals surface area (Å²) in [6, 6.07) is 0. The minimum atomic E-state index is 0.0926. The summed E-state index contributed by atoms with van der Waals surface area (Å²) in [6.45, 7) is 5.69. The molecule has 12 heavy (non-hydrogen) atoms. The Morgan fingerprint density at radius 3 is 3.00 bits per heavy atom. The Morgan fingerprint density at radius 1 is 1.75 bits per heavy atom. The van der Waals surface area contributed by atoms with Crippen molar-refractivity contribution in [3.8, 4) is 0 Å². The molecule has 1 N–H and O–H groups in total. The van der Waals surface area contributed by atoms with Crippen molar-refractivity contribution in [1.82, 2.24) is 5.32 Å². The molecule has 1 aliphatic rings. The largest absolute Gasteiger partial charge is 0.325 e. The van der Waals surface area contributed by atoms with Gasteiger partial charge in [0.2, 0.25) is 5.91 Å². The van der Waals surface area contributed by atoms with Gasteiger partial charge in [0.1, 0.15) is 0 Å². The van der Waals surface area contributed by atoms with E-state index >= 15 is 0 Å². The van der Waals surface area contributed by atoms with E-state index in [4.69, 9.17) is 0 Å². The Bertz CT molecular complexity index is 245. The van der Waals surface area contributed by atoms with E-state index in [9.17, 15) is 4.79 Å². The minimum absolute atomic E-state index is 0.0926. The van der Waals surface area contributed by atoms with Crippen LogP contribution in [-0.4, -0.2) is 9.83 Å². The van der Waals surface area contributed by atoms with Gasteiger partial charge in [-0.2, -0.15) is 0 Å². The van der Waals surface area contributed by atoms with Crippen molar-refractivity contribution >= 4 is 28.5 Å². The SMILES string of the molecule is C=CC1=C(C)CCC(I)C(=O)N1. The number of hydrogen-bond donors (Lipinski definition) is 1. The zero-order chi connectivity index (χ0) is 9.14. The molecular formula is C9H12INO. The summed E-state index contributed by atoms with van der Waals surface area (Å²) in [7, 11) is 0. The highest BCUT2D eigenvalue weighted by atomic mass is 127. The highest BCUT2D eigenvalue weighted by Crippen LogP contribution is 2.20. The molecule has 0 aliphatic carbocycles. The van der Waals surface area contributed by atoms with Gasteiger partial charge in [0, 0.05) is 5.70 Å². The topological polar surface area (TPSA) is 29.1 Å². The van der Waals surface area contributed by atoms with Gasteiger partial charge in [0.25, 0.3) is 0 Å². The maximum atomic E-state index is 11.3. The van der Waals surface area contributed by atoms with Crippen molar-refractivity contribution in [2.75, 3.05) is 0 Å². The van der Waals surface area contributed by atoms with Crippen molar-refractivity contribution in [2.45, 2.75) is 23.7 Å². The van der Waals surface area contributed by atoms with Crippen molar-refractivity contribution in [2.24, 2.45) is 0 Å². The third kappa shape index (κ3) is 2.09. The maximum absolute atomic E-state index is 11.3.